The van der Waals surface area contributed by atoms with E-state index < -0.39 is 11.6 Å². The third-order valence-electron chi connectivity index (χ3n) is 3.22. The van der Waals surface area contributed by atoms with Crippen LogP contribution in [0.2, 0.25) is 0 Å². The molecule has 1 saturated heterocycles. The monoisotopic (exact) mass is 254 g/mol. The zero-order valence-corrected chi connectivity index (χ0v) is 10.2. The summed E-state index contributed by atoms with van der Waals surface area (Å²) in [4.78, 5) is 13.0. The fourth-order valence-electron chi connectivity index (χ4n) is 2.11. The molecule has 1 aromatic rings. The number of hydrogen-bond donors (Lipinski definition) is 1. The first-order valence-corrected chi connectivity index (χ1v) is 5.97. The Hall–Kier alpha value is -1.49. The van der Waals surface area contributed by atoms with Crippen molar-refractivity contribution >= 4 is 5.91 Å². The molecule has 1 N–H and O–H groups in total. The Bertz CT molecular complexity index is 451. The van der Waals surface area contributed by atoms with Gasteiger partial charge in [0, 0.05) is 38.2 Å². The molecule has 98 valence electrons. The molecule has 0 spiro atoms. The predicted octanol–water partition coefficient (Wildman–Crippen LogP) is 1.68. The predicted molar refractivity (Wildman–Crippen MR) is 63.9 cm³/mol. The third kappa shape index (κ3) is 3.04. The van der Waals surface area contributed by atoms with Crippen molar-refractivity contribution in [3.05, 3.63) is 35.4 Å². The lowest BCUT2D eigenvalue weighted by atomic mass is 10.1. The van der Waals surface area contributed by atoms with Crippen LogP contribution in [-0.2, 0) is 11.3 Å². The van der Waals surface area contributed by atoms with Crippen molar-refractivity contribution in [1.82, 2.24) is 10.2 Å². The van der Waals surface area contributed by atoms with Gasteiger partial charge in [-0.3, -0.25) is 4.79 Å². The van der Waals surface area contributed by atoms with Crippen LogP contribution in [0.1, 0.15) is 18.4 Å². The highest BCUT2D eigenvalue weighted by Gasteiger charge is 2.22. The number of nitrogens with zero attached hydrogens (tertiary/aromatic N) is 1. The van der Waals surface area contributed by atoms with E-state index in [1.165, 1.54) is 6.07 Å². The fraction of sp³-hybridized carbons (Fsp3) is 0.462. The highest BCUT2D eigenvalue weighted by atomic mass is 19.1. The molecule has 1 fully saturated rings. The number of rotatable bonds is 3. The van der Waals surface area contributed by atoms with E-state index in [2.05, 4.69) is 5.32 Å². The van der Waals surface area contributed by atoms with Crippen LogP contribution < -0.4 is 5.32 Å². The quantitative estimate of drug-likeness (QED) is 0.890. The molecule has 1 aliphatic rings. The number of carbonyl (C=O) groups is 1. The van der Waals surface area contributed by atoms with Gasteiger partial charge in [-0.05, 0) is 24.6 Å². The van der Waals surface area contributed by atoms with Gasteiger partial charge < -0.3 is 10.2 Å². The van der Waals surface area contributed by atoms with Crippen LogP contribution in [0.3, 0.4) is 0 Å². The van der Waals surface area contributed by atoms with Crippen molar-refractivity contribution in [3.63, 3.8) is 0 Å². The molecular formula is C13H16F2N2O. The average molecular weight is 254 g/mol. The van der Waals surface area contributed by atoms with E-state index in [0.717, 1.165) is 18.6 Å². The van der Waals surface area contributed by atoms with Crippen LogP contribution in [0.5, 0.6) is 0 Å². The topological polar surface area (TPSA) is 32.3 Å². The lowest BCUT2D eigenvalue weighted by Crippen LogP contribution is -2.46. The van der Waals surface area contributed by atoms with Crippen LogP contribution in [0.15, 0.2) is 18.2 Å². The molecule has 1 aliphatic heterocycles. The molecule has 1 amide bonds. The summed E-state index contributed by atoms with van der Waals surface area (Å²) < 4.78 is 26.4. The molecule has 0 aliphatic carbocycles. The van der Waals surface area contributed by atoms with Gasteiger partial charge in [0.25, 0.3) is 0 Å². The second-order valence-corrected chi connectivity index (χ2v) is 4.63. The first-order chi connectivity index (χ1) is 8.56. The molecule has 1 aromatic carbocycles. The van der Waals surface area contributed by atoms with Gasteiger partial charge in [0.2, 0.25) is 5.91 Å². The van der Waals surface area contributed by atoms with E-state index in [-0.39, 0.29) is 18.5 Å². The summed E-state index contributed by atoms with van der Waals surface area (Å²) in [6.07, 6.45) is 1.24. The van der Waals surface area contributed by atoms with Crippen LogP contribution in [0.25, 0.3) is 0 Å². The number of nitrogens with one attached hydrogen (secondary N) is 1. The van der Waals surface area contributed by atoms with E-state index in [1.54, 1.807) is 11.9 Å². The summed E-state index contributed by atoms with van der Waals surface area (Å²) in [5.41, 5.74) is 0.314. The third-order valence-corrected chi connectivity index (χ3v) is 3.22. The molecule has 5 heteroatoms. The van der Waals surface area contributed by atoms with E-state index in [0.29, 0.717) is 18.5 Å². The van der Waals surface area contributed by atoms with Crippen LogP contribution in [0, 0.1) is 11.6 Å². The minimum absolute atomic E-state index is 0.130. The maximum absolute atomic E-state index is 13.4. The van der Waals surface area contributed by atoms with Crippen molar-refractivity contribution in [2.45, 2.75) is 25.4 Å². The van der Waals surface area contributed by atoms with Crippen LogP contribution >= 0.6 is 0 Å². The molecule has 1 heterocycles. The van der Waals surface area contributed by atoms with E-state index in [1.807, 2.05) is 0 Å². The van der Waals surface area contributed by atoms with Gasteiger partial charge in [-0.25, -0.2) is 8.78 Å². The second-order valence-electron chi connectivity index (χ2n) is 4.63. The van der Waals surface area contributed by atoms with Gasteiger partial charge in [0.15, 0.2) is 0 Å². The van der Waals surface area contributed by atoms with Crippen molar-refractivity contribution in [3.8, 4) is 0 Å². The number of piperidine rings is 1. The molecule has 0 bridgehead atoms. The number of likely N-dealkylation sites (tertiary alicyclic amines) is 1. The van der Waals surface area contributed by atoms with E-state index in [4.69, 9.17) is 0 Å². The number of amides is 1. The smallest absolute Gasteiger partial charge is 0.222 e. The summed E-state index contributed by atoms with van der Waals surface area (Å²) in [6, 6.07) is 3.56. The first-order valence-electron chi connectivity index (χ1n) is 5.97. The zero-order valence-electron chi connectivity index (χ0n) is 10.2. The molecule has 1 atom stereocenters. The Labute approximate surface area is 105 Å². The summed E-state index contributed by atoms with van der Waals surface area (Å²) in [7, 11) is 1.75. The molecule has 18 heavy (non-hydrogen) atoms. The number of benzene rings is 1. The normalized spacial score (nSPS) is 20.3. The SMILES string of the molecule is CN1CC(NCc2cc(F)ccc2F)CCC1=O. The molecule has 0 saturated carbocycles. The van der Waals surface area contributed by atoms with Gasteiger partial charge >= 0.3 is 0 Å². The number of likely N-dealkylation sites (N-methyl/N-ethyl adjacent to an activating group) is 1. The lowest BCUT2D eigenvalue weighted by Gasteiger charge is -2.30. The van der Waals surface area contributed by atoms with Crippen LogP contribution in [0.4, 0.5) is 8.78 Å². The van der Waals surface area contributed by atoms with Crippen LogP contribution in [-0.4, -0.2) is 30.4 Å². The largest absolute Gasteiger partial charge is 0.344 e. The Balaban J connectivity index is 1.91. The minimum Gasteiger partial charge on any atom is -0.344 e. The summed E-state index contributed by atoms with van der Waals surface area (Å²) in [5, 5.41) is 3.16. The van der Waals surface area contributed by atoms with Crippen molar-refractivity contribution in [1.29, 1.82) is 0 Å². The minimum atomic E-state index is -0.441. The Kier molecular flexibility index (Phi) is 3.91. The fourth-order valence-corrected chi connectivity index (χ4v) is 2.11. The van der Waals surface area contributed by atoms with Crippen molar-refractivity contribution in [2.24, 2.45) is 0 Å². The molecule has 2 rings (SSSR count). The standard InChI is InChI=1S/C13H16F2N2O/c1-17-8-11(3-5-13(17)18)16-7-9-6-10(14)2-4-12(9)15/h2,4,6,11,16H,3,5,7-8H2,1H3. The number of halogens is 2. The molecule has 0 radical (unpaired) electrons. The summed E-state index contributed by atoms with van der Waals surface area (Å²) in [5.74, 6) is -0.724. The van der Waals surface area contributed by atoms with Gasteiger partial charge in [-0.1, -0.05) is 0 Å². The Morgan fingerprint density at radius 1 is 1.44 bits per heavy atom. The van der Waals surface area contributed by atoms with E-state index >= 15 is 0 Å². The molecule has 1 unspecified atom stereocenters. The summed E-state index contributed by atoms with van der Waals surface area (Å²) in [6.45, 7) is 0.881. The van der Waals surface area contributed by atoms with Crippen molar-refractivity contribution in [2.75, 3.05) is 13.6 Å². The van der Waals surface area contributed by atoms with E-state index in [9.17, 15) is 13.6 Å². The zero-order chi connectivity index (χ0) is 13.1. The first kappa shape index (κ1) is 13.0. The van der Waals surface area contributed by atoms with Gasteiger partial charge in [-0.2, -0.15) is 0 Å². The van der Waals surface area contributed by atoms with Crippen molar-refractivity contribution < 1.29 is 13.6 Å². The molecule has 0 aromatic heterocycles. The molecular weight excluding hydrogens is 238 g/mol. The lowest BCUT2D eigenvalue weighted by molar-refractivity contribution is -0.132. The van der Waals surface area contributed by atoms with Gasteiger partial charge in [0.1, 0.15) is 11.6 Å². The number of hydrogen-bond acceptors (Lipinski definition) is 2. The number of carbonyl (C=O) groups excluding carboxylic acids is 1. The Morgan fingerprint density at radius 3 is 2.94 bits per heavy atom. The average Bonchev–Trinajstić information content (AvgIpc) is 2.34. The Morgan fingerprint density at radius 2 is 2.22 bits per heavy atom. The maximum Gasteiger partial charge on any atom is 0.222 e. The molecule has 3 nitrogen and oxygen atoms in total. The second kappa shape index (κ2) is 5.44. The highest BCUT2D eigenvalue weighted by Crippen LogP contribution is 2.13. The maximum atomic E-state index is 13.4. The van der Waals surface area contributed by atoms with Gasteiger partial charge in [0.05, 0.1) is 0 Å². The van der Waals surface area contributed by atoms with Gasteiger partial charge in [-0.15, -0.1) is 0 Å². The highest BCUT2D eigenvalue weighted by molar-refractivity contribution is 5.76. The summed E-state index contributed by atoms with van der Waals surface area (Å²) >= 11 is 0.